The van der Waals surface area contributed by atoms with Gasteiger partial charge in [-0.05, 0) is 17.7 Å². The lowest BCUT2D eigenvalue weighted by atomic mass is 10.2. The van der Waals surface area contributed by atoms with E-state index in [4.69, 9.17) is 10.5 Å². The topological polar surface area (TPSA) is 81.4 Å². The maximum absolute atomic E-state index is 11.4. The molecule has 96 valence electrons. The molecule has 0 unspecified atom stereocenters. The van der Waals surface area contributed by atoms with Gasteiger partial charge in [0.2, 0.25) is 11.8 Å². The molecule has 5 heteroatoms. The molecule has 2 amide bonds. The first-order valence-electron chi connectivity index (χ1n) is 5.40. The predicted octanol–water partition coefficient (Wildman–Crippen LogP) is 0.743. The number of nitrogens with two attached hydrogens (primary N) is 1. The van der Waals surface area contributed by atoms with Crippen molar-refractivity contribution in [3.8, 4) is 5.75 Å². The van der Waals surface area contributed by atoms with Crippen LogP contribution in [0.5, 0.6) is 5.75 Å². The van der Waals surface area contributed by atoms with Crippen LogP contribution in [0.25, 0.3) is 0 Å². The zero-order valence-corrected chi connectivity index (χ0v) is 10.2. The Bertz CT molecular complexity index is 452. The molecular weight excluding hydrogens is 232 g/mol. The first-order chi connectivity index (χ1) is 8.52. The van der Waals surface area contributed by atoms with Crippen LogP contribution >= 0.6 is 0 Å². The summed E-state index contributed by atoms with van der Waals surface area (Å²) in [5.74, 6) is -0.184. The average molecular weight is 248 g/mol. The summed E-state index contributed by atoms with van der Waals surface area (Å²) in [6.07, 6.45) is -0.0779. The van der Waals surface area contributed by atoms with Crippen LogP contribution < -0.4 is 15.8 Å². The van der Waals surface area contributed by atoms with Crippen molar-refractivity contribution in [1.82, 2.24) is 5.32 Å². The van der Waals surface area contributed by atoms with E-state index >= 15 is 0 Å². The molecule has 5 nitrogen and oxygen atoms in total. The molecule has 0 atom stereocenters. The Kier molecular flexibility index (Phi) is 4.92. The van der Waals surface area contributed by atoms with E-state index in [-0.39, 0.29) is 17.9 Å². The number of carbonyl (C=O) groups is 2. The fourth-order valence-corrected chi connectivity index (χ4v) is 1.29. The number of hydrogen-bond donors (Lipinski definition) is 2. The number of amides is 2. The van der Waals surface area contributed by atoms with Crippen LogP contribution in [0.3, 0.4) is 0 Å². The molecule has 3 N–H and O–H groups in total. The highest BCUT2D eigenvalue weighted by molar-refractivity contribution is 5.96. The minimum absolute atomic E-state index is 0.0779. The van der Waals surface area contributed by atoms with Crippen LogP contribution in [0.1, 0.15) is 12.0 Å². The molecule has 0 spiro atoms. The summed E-state index contributed by atoms with van der Waals surface area (Å²) in [6, 6.07) is 7.32. The Morgan fingerprint density at radius 3 is 2.44 bits per heavy atom. The number of primary amides is 1. The smallest absolute Gasteiger partial charge is 0.244 e. The number of carbonyl (C=O) groups excluding carboxylic acids is 2. The normalized spacial score (nSPS) is 9.61. The minimum Gasteiger partial charge on any atom is -0.497 e. The summed E-state index contributed by atoms with van der Waals surface area (Å²) in [4.78, 5) is 22.2. The molecule has 1 aromatic carbocycles. The third-order valence-corrected chi connectivity index (χ3v) is 2.37. The van der Waals surface area contributed by atoms with E-state index in [1.165, 1.54) is 0 Å². The van der Waals surface area contributed by atoms with Gasteiger partial charge in [0.25, 0.3) is 0 Å². The third kappa shape index (κ3) is 4.29. The van der Waals surface area contributed by atoms with E-state index in [9.17, 15) is 9.59 Å². The predicted molar refractivity (Wildman–Crippen MR) is 67.8 cm³/mol. The van der Waals surface area contributed by atoms with E-state index < -0.39 is 5.91 Å². The van der Waals surface area contributed by atoms with Gasteiger partial charge < -0.3 is 15.8 Å². The minimum atomic E-state index is -0.658. The molecule has 1 rings (SSSR count). The van der Waals surface area contributed by atoms with Gasteiger partial charge in [-0.25, -0.2) is 0 Å². The van der Waals surface area contributed by atoms with Crippen LogP contribution in [0.2, 0.25) is 0 Å². The molecule has 0 bridgehead atoms. The van der Waals surface area contributed by atoms with Gasteiger partial charge in [-0.1, -0.05) is 18.7 Å². The van der Waals surface area contributed by atoms with Crippen molar-refractivity contribution in [3.05, 3.63) is 42.0 Å². The number of nitrogens with one attached hydrogen (secondary N) is 1. The van der Waals surface area contributed by atoms with Gasteiger partial charge in [0.15, 0.2) is 0 Å². The summed E-state index contributed by atoms with van der Waals surface area (Å²) in [7, 11) is 1.59. The number of methoxy groups -OCH3 is 1. The average Bonchev–Trinajstić information content (AvgIpc) is 2.36. The molecular formula is C13H16N2O3. The van der Waals surface area contributed by atoms with E-state index in [1.54, 1.807) is 7.11 Å². The maximum Gasteiger partial charge on any atom is 0.244 e. The summed E-state index contributed by atoms with van der Waals surface area (Å²) in [5.41, 5.74) is 6.03. The molecule has 0 aliphatic rings. The molecule has 0 fully saturated rings. The zero-order valence-electron chi connectivity index (χ0n) is 10.2. The van der Waals surface area contributed by atoms with Crippen molar-refractivity contribution in [2.75, 3.05) is 7.11 Å². The molecule has 1 aromatic rings. The highest BCUT2D eigenvalue weighted by Crippen LogP contribution is 2.11. The molecule has 0 saturated carbocycles. The largest absolute Gasteiger partial charge is 0.497 e. The van der Waals surface area contributed by atoms with Crippen LogP contribution in [-0.2, 0) is 16.1 Å². The molecule has 18 heavy (non-hydrogen) atoms. The van der Waals surface area contributed by atoms with Gasteiger partial charge in [-0.3, -0.25) is 9.59 Å². The SMILES string of the molecule is C=C(CC(=O)NCc1ccc(OC)cc1)C(N)=O. The van der Waals surface area contributed by atoms with Gasteiger partial charge >= 0.3 is 0 Å². The van der Waals surface area contributed by atoms with E-state index in [0.717, 1.165) is 11.3 Å². The van der Waals surface area contributed by atoms with Crippen LogP contribution in [0.15, 0.2) is 36.4 Å². The van der Waals surface area contributed by atoms with Gasteiger partial charge in [-0.2, -0.15) is 0 Å². The van der Waals surface area contributed by atoms with Crippen molar-refractivity contribution >= 4 is 11.8 Å². The molecule has 0 aromatic heterocycles. The van der Waals surface area contributed by atoms with E-state index in [0.29, 0.717) is 6.54 Å². The fraction of sp³-hybridized carbons (Fsp3) is 0.231. The van der Waals surface area contributed by atoms with Crippen molar-refractivity contribution in [2.24, 2.45) is 5.73 Å². The summed E-state index contributed by atoms with van der Waals surface area (Å²) in [5, 5.41) is 2.67. The molecule has 0 heterocycles. The highest BCUT2D eigenvalue weighted by atomic mass is 16.5. The van der Waals surface area contributed by atoms with Crippen LogP contribution in [0.4, 0.5) is 0 Å². The first kappa shape index (κ1) is 13.8. The number of benzene rings is 1. The fourth-order valence-electron chi connectivity index (χ4n) is 1.29. The van der Waals surface area contributed by atoms with Crippen molar-refractivity contribution < 1.29 is 14.3 Å². The standard InChI is InChI=1S/C13H16N2O3/c1-9(13(14)17)7-12(16)15-8-10-3-5-11(18-2)6-4-10/h3-6H,1,7-8H2,2H3,(H2,14,17)(H,15,16). The number of hydrogen-bond acceptors (Lipinski definition) is 3. The van der Waals surface area contributed by atoms with Crippen LogP contribution in [0, 0.1) is 0 Å². The maximum atomic E-state index is 11.4. The molecule has 0 aliphatic heterocycles. The number of ether oxygens (including phenoxy) is 1. The van der Waals surface area contributed by atoms with Crippen molar-refractivity contribution in [3.63, 3.8) is 0 Å². The Balaban J connectivity index is 2.42. The van der Waals surface area contributed by atoms with Gasteiger partial charge in [0.1, 0.15) is 5.75 Å². The van der Waals surface area contributed by atoms with Crippen molar-refractivity contribution in [2.45, 2.75) is 13.0 Å². The Morgan fingerprint density at radius 1 is 1.33 bits per heavy atom. The lowest BCUT2D eigenvalue weighted by Crippen LogP contribution is -2.25. The summed E-state index contributed by atoms with van der Waals surface area (Å²) < 4.78 is 5.02. The Hall–Kier alpha value is -2.30. The lowest BCUT2D eigenvalue weighted by Gasteiger charge is -2.06. The van der Waals surface area contributed by atoms with Crippen molar-refractivity contribution in [1.29, 1.82) is 0 Å². The van der Waals surface area contributed by atoms with E-state index in [1.807, 2.05) is 24.3 Å². The second-order valence-electron chi connectivity index (χ2n) is 3.77. The highest BCUT2D eigenvalue weighted by Gasteiger charge is 2.08. The second kappa shape index (κ2) is 6.44. The zero-order chi connectivity index (χ0) is 13.5. The Labute approximate surface area is 106 Å². The monoisotopic (exact) mass is 248 g/mol. The lowest BCUT2D eigenvalue weighted by molar-refractivity contribution is -0.122. The number of rotatable bonds is 6. The quantitative estimate of drug-likeness (QED) is 0.729. The summed E-state index contributed by atoms with van der Waals surface area (Å²) in [6.45, 7) is 3.80. The van der Waals surface area contributed by atoms with Crippen LogP contribution in [-0.4, -0.2) is 18.9 Å². The van der Waals surface area contributed by atoms with Gasteiger partial charge in [-0.15, -0.1) is 0 Å². The molecule has 0 radical (unpaired) electrons. The Morgan fingerprint density at radius 2 is 1.94 bits per heavy atom. The first-order valence-corrected chi connectivity index (χ1v) is 5.40. The second-order valence-corrected chi connectivity index (χ2v) is 3.77. The van der Waals surface area contributed by atoms with Gasteiger partial charge in [0, 0.05) is 12.1 Å². The summed E-state index contributed by atoms with van der Waals surface area (Å²) >= 11 is 0. The van der Waals surface area contributed by atoms with E-state index in [2.05, 4.69) is 11.9 Å². The van der Waals surface area contributed by atoms with Gasteiger partial charge in [0.05, 0.1) is 13.5 Å². The molecule has 0 saturated heterocycles. The molecule has 0 aliphatic carbocycles. The third-order valence-electron chi connectivity index (χ3n) is 2.37.